The van der Waals surface area contributed by atoms with Crippen molar-refractivity contribution in [1.29, 1.82) is 0 Å². The van der Waals surface area contributed by atoms with E-state index in [1.54, 1.807) is 0 Å². The molecule has 1 aromatic heterocycles. The molecule has 25 heavy (non-hydrogen) atoms. The molecule has 1 aromatic carbocycles. The van der Waals surface area contributed by atoms with Gasteiger partial charge < -0.3 is 9.64 Å². The molecule has 2 atom stereocenters. The van der Waals surface area contributed by atoms with E-state index in [1.165, 1.54) is 15.3 Å². The molecule has 5 heteroatoms. The molecule has 0 N–H and O–H groups in total. The highest BCUT2D eigenvalue weighted by Crippen LogP contribution is 2.45. The fraction of sp³-hybridized carbons (Fsp3) is 0.450. The summed E-state index contributed by atoms with van der Waals surface area (Å²) in [5, 5.41) is 0. The maximum atomic E-state index is 12.4. The van der Waals surface area contributed by atoms with E-state index in [1.807, 2.05) is 16.2 Å². The fourth-order valence-electron chi connectivity index (χ4n) is 4.64. The van der Waals surface area contributed by atoms with E-state index in [0.29, 0.717) is 6.42 Å². The minimum Gasteiger partial charge on any atom is -0.354 e. The first kappa shape index (κ1) is 15.6. The highest BCUT2D eigenvalue weighted by Gasteiger charge is 2.60. The normalized spacial score (nSPS) is 29.0. The molecule has 3 fully saturated rings. The molecule has 3 aliphatic rings. The van der Waals surface area contributed by atoms with Gasteiger partial charge in [0.15, 0.2) is 5.72 Å². The molecule has 130 valence electrons. The van der Waals surface area contributed by atoms with Crippen LogP contribution in [-0.2, 0) is 16.1 Å². The molecule has 0 radical (unpaired) electrons. The molecule has 0 unspecified atom stereocenters. The lowest BCUT2D eigenvalue weighted by atomic mass is 10.0. The van der Waals surface area contributed by atoms with E-state index in [-0.39, 0.29) is 17.7 Å². The van der Waals surface area contributed by atoms with Crippen molar-refractivity contribution in [2.24, 2.45) is 0 Å². The number of likely N-dealkylation sites (tertiary alicyclic amines) is 1. The minimum atomic E-state index is -0.338. The van der Waals surface area contributed by atoms with Gasteiger partial charge in [0.1, 0.15) is 0 Å². The number of benzene rings is 1. The van der Waals surface area contributed by atoms with Gasteiger partial charge >= 0.3 is 0 Å². The van der Waals surface area contributed by atoms with Crippen LogP contribution in [-0.4, -0.2) is 47.2 Å². The summed E-state index contributed by atoms with van der Waals surface area (Å²) in [6.07, 6.45) is 2.52. The molecule has 0 aliphatic carbocycles. The molecule has 1 spiro atoms. The van der Waals surface area contributed by atoms with E-state index < -0.39 is 0 Å². The van der Waals surface area contributed by atoms with Gasteiger partial charge in [0.05, 0.1) is 12.6 Å². The van der Waals surface area contributed by atoms with Crippen LogP contribution in [0.2, 0.25) is 0 Å². The lowest BCUT2D eigenvalue weighted by molar-refractivity contribution is -0.180. The number of rotatable bonds is 3. The topological polar surface area (TPSA) is 32.8 Å². The Labute approximate surface area is 152 Å². The maximum Gasteiger partial charge on any atom is 0.226 e. The van der Waals surface area contributed by atoms with Gasteiger partial charge in [0.25, 0.3) is 0 Å². The smallest absolute Gasteiger partial charge is 0.226 e. The van der Waals surface area contributed by atoms with E-state index in [9.17, 15) is 4.79 Å². The Balaban J connectivity index is 1.36. The fourth-order valence-corrected chi connectivity index (χ4v) is 5.68. The Morgan fingerprint density at radius 3 is 2.92 bits per heavy atom. The summed E-state index contributed by atoms with van der Waals surface area (Å²) in [5.41, 5.74) is 0.934. The van der Waals surface area contributed by atoms with Gasteiger partial charge in [-0.25, -0.2) is 0 Å². The number of ether oxygens (including phenoxy) is 1. The second-order valence-corrected chi connectivity index (χ2v) is 8.33. The number of carbonyl (C=O) groups is 1. The predicted octanol–water partition coefficient (Wildman–Crippen LogP) is 3.34. The summed E-state index contributed by atoms with van der Waals surface area (Å²) >= 11 is 1.85. The molecule has 5 rings (SSSR count). The molecular weight excluding hydrogens is 332 g/mol. The summed E-state index contributed by atoms with van der Waals surface area (Å²) < 4.78 is 6.19. The van der Waals surface area contributed by atoms with Crippen molar-refractivity contribution >= 4 is 17.2 Å². The van der Waals surface area contributed by atoms with Crippen molar-refractivity contribution in [2.75, 3.05) is 19.7 Å². The lowest BCUT2D eigenvalue weighted by Gasteiger charge is -2.42. The zero-order valence-electron chi connectivity index (χ0n) is 14.2. The number of amides is 1. The molecule has 4 heterocycles. The number of nitrogens with zero attached hydrogens (tertiary/aromatic N) is 2. The van der Waals surface area contributed by atoms with Crippen molar-refractivity contribution in [3.8, 4) is 10.4 Å². The Morgan fingerprint density at radius 2 is 2.04 bits per heavy atom. The molecular formula is C20H22N2O2S. The average Bonchev–Trinajstić information content (AvgIpc) is 3.31. The third-order valence-electron chi connectivity index (χ3n) is 5.80. The van der Waals surface area contributed by atoms with Gasteiger partial charge in [-0.15, -0.1) is 11.3 Å². The highest BCUT2D eigenvalue weighted by molar-refractivity contribution is 7.15. The van der Waals surface area contributed by atoms with E-state index in [0.717, 1.165) is 39.1 Å². The Kier molecular flexibility index (Phi) is 3.69. The van der Waals surface area contributed by atoms with Crippen LogP contribution in [0.25, 0.3) is 10.4 Å². The Morgan fingerprint density at radius 1 is 1.16 bits per heavy atom. The van der Waals surface area contributed by atoms with Gasteiger partial charge in [0, 0.05) is 42.2 Å². The van der Waals surface area contributed by atoms with Crippen molar-refractivity contribution < 1.29 is 9.53 Å². The standard InChI is InChI=1S/C20H22N2O2S/c23-19-13-18-20(22(19)10-4-12-24-20)9-11-21(18)14-16-7-8-17(25-16)15-5-2-1-3-6-15/h1-3,5-8,18H,4,9-14H2/t18-,20+/m1/s1. The number of thiophene rings is 1. The largest absolute Gasteiger partial charge is 0.354 e. The van der Waals surface area contributed by atoms with Gasteiger partial charge in [-0.2, -0.15) is 0 Å². The number of hydrogen-bond donors (Lipinski definition) is 0. The summed E-state index contributed by atoms with van der Waals surface area (Å²) in [7, 11) is 0. The average molecular weight is 354 g/mol. The second kappa shape index (κ2) is 5.94. The second-order valence-electron chi connectivity index (χ2n) is 7.16. The van der Waals surface area contributed by atoms with Crippen LogP contribution >= 0.6 is 11.3 Å². The van der Waals surface area contributed by atoms with Gasteiger partial charge in [-0.3, -0.25) is 9.69 Å². The number of hydrogen-bond acceptors (Lipinski definition) is 4. The Bertz CT molecular complexity index is 790. The first-order valence-corrected chi connectivity index (χ1v) is 9.90. The summed E-state index contributed by atoms with van der Waals surface area (Å²) in [5.74, 6) is 0.269. The third-order valence-corrected chi connectivity index (χ3v) is 6.92. The molecule has 3 saturated heterocycles. The van der Waals surface area contributed by atoms with Crippen LogP contribution in [0, 0.1) is 0 Å². The maximum absolute atomic E-state index is 12.4. The zero-order valence-corrected chi connectivity index (χ0v) is 15.0. The van der Waals surface area contributed by atoms with Crippen LogP contribution in [0.15, 0.2) is 42.5 Å². The lowest BCUT2D eigenvalue weighted by Crippen LogP contribution is -2.56. The predicted molar refractivity (Wildman–Crippen MR) is 98.2 cm³/mol. The van der Waals surface area contributed by atoms with E-state index in [2.05, 4.69) is 47.4 Å². The Hall–Kier alpha value is -1.69. The summed E-state index contributed by atoms with van der Waals surface area (Å²) in [6, 6.07) is 15.2. The molecule has 3 aliphatic heterocycles. The van der Waals surface area contributed by atoms with Gasteiger partial charge in [-0.1, -0.05) is 30.3 Å². The van der Waals surface area contributed by atoms with Crippen LogP contribution in [0.1, 0.15) is 24.1 Å². The third kappa shape index (κ3) is 2.45. The van der Waals surface area contributed by atoms with Gasteiger partial charge in [-0.05, 0) is 24.1 Å². The SMILES string of the molecule is O=C1C[C@H]2N(Cc3ccc(-c4ccccc4)s3)CC[C@]23OCCCN13. The van der Waals surface area contributed by atoms with Crippen molar-refractivity contribution in [3.63, 3.8) is 0 Å². The van der Waals surface area contributed by atoms with E-state index in [4.69, 9.17) is 4.74 Å². The molecule has 4 nitrogen and oxygen atoms in total. The first-order chi connectivity index (χ1) is 12.3. The zero-order chi connectivity index (χ0) is 16.9. The minimum absolute atomic E-state index is 0.211. The van der Waals surface area contributed by atoms with Crippen molar-refractivity contribution in [3.05, 3.63) is 47.3 Å². The monoisotopic (exact) mass is 354 g/mol. The molecule has 0 saturated carbocycles. The van der Waals surface area contributed by atoms with Crippen LogP contribution in [0.5, 0.6) is 0 Å². The molecule has 2 aromatic rings. The van der Waals surface area contributed by atoms with E-state index >= 15 is 0 Å². The first-order valence-electron chi connectivity index (χ1n) is 9.09. The van der Waals surface area contributed by atoms with Crippen molar-refractivity contribution in [1.82, 2.24) is 9.80 Å². The van der Waals surface area contributed by atoms with Crippen LogP contribution in [0.4, 0.5) is 0 Å². The van der Waals surface area contributed by atoms with Crippen LogP contribution < -0.4 is 0 Å². The molecule has 0 bridgehead atoms. The quantitative estimate of drug-likeness (QED) is 0.847. The molecule has 1 amide bonds. The number of carbonyl (C=O) groups excluding carboxylic acids is 1. The summed E-state index contributed by atoms with van der Waals surface area (Å²) in [4.78, 5) is 19.6. The highest BCUT2D eigenvalue weighted by atomic mass is 32.1. The van der Waals surface area contributed by atoms with Crippen molar-refractivity contribution in [2.45, 2.75) is 37.6 Å². The summed E-state index contributed by atoms with van der Waals surface area (Å²) in [6.45, 7) is 3.56. The van der Waals surface area contributed by atoms with Crippen LogP contribution in [0.3, 0.4) is 0 Å². The van der Waals surface area contributed by atoms with Gasteiger partial charge in [0.2, 0.25) is 5.91 Å².